The Hall–Kier alpha value is -3.04. The van der Waals surface area contributed by atoms with Gasteiger partial charge in [0.2, 0.25) is 11.8 Å². The van der Waals surface area contributed by atoms with Crippen molar-refractivity contribution >= 4 is 23.8 Å². The minimum atomic E-state index is -0.799. The summed E-state index contributed by atoms with van der Waals surface area (Å²) >= 11 is 0. The molecule has 0 bridgehead atoms. The Bertz CT molecular complexity index is 851. The first-order valence-corrected chi connectivity index (χ1v) is 11.5. The molecule has 3 fully saturated rings. The number of carbonyl (C=O) groups excluding carboxylic acids is 4. The van der Waals surface area contributed by atoms with Gasteiger partial charge < -0.3 is 30.6 Å². The lowest BCUT2D eigenvalue weighted by atomic mass is 9.96. The summed E-state index contributed by atoms with van der Waals surface area (Å²) in [6.07, 6.45) is 8.20. The van der Waals surface area contributed by atoms with E-state index in [1.54, 1.807) is 12.1 Å². The number of nitrogens with two attached hydrogens (primary N) is 1. The Labute approximate surface area is 186 Å². The molecule has 1 saturated carbocycles. The van der Waals surface area contributed by atoms with Crippen LogP contribution in [0.5, 0.6) is 0 Å². The third-order valence-electron chi connectivity index (χ3n) is 6.72. The van der Waals surface area contributed by atoms with Crippen molar-refractivity contribution in [3.05, 3.63) is 24.2 Å². The van der Waals surface area contributed by atoms with Crippen LogP contribution in [-0.2, 0) is 9.59 Å². The maximum atomic E-state index is 13.4. The zero-order chi connectivity index (χ0) is 22.7. The topological polar surface area (TPSA) is 138 Å². The van der Waals surface area contributed by atoms with Gasteiger partial charge in [-0.05, 0) is 44.2 Å². The van der Waals surface area contributed by atoms with Crippen molar-refractivity contribution in [3.8, 4) is 0 Å². The van der Waals surface area contributed by atoms with E-state index in [-0.39, 0.29) is 42.7 Å². The largest absolute Gasteiger partial charge is 0.459 e. The summed E-state index contributed by atoms with van der Waals surface area (Å²) in [6.45, 7) is 0.606. The third-order valence-corrected chi connectivity index (χ3v) is 6.72. The number of furan rings is 1. The standard InChI is InChI=1S/C22H31N5O5/c23-19(28)16-8-4-10-26(16)20(29)17-12-15(13-27(17)21(30)18-9-5-11-32-18)25-22(31)24-14-6-2-1-3-7-14/h5,9,11,14-17H,1-4,6-8,10,12-13H2,(H2,23,28)(H2,24,25,31). The zero-order valence-corrected chi connectivity index (χ0v) is 18.1. The minimum absolute atomic E-state index is 0.128. The van der Waals surface area contributed by atoms with Crippen LogP contribution in [-0.4, -0.2) is 70.8 Å². The molecule has 174 valence electrons. The van der Waals surface area contributed by atoms with E-state index in [9.17, 15) is 19.2 Å². The molecule has 4 N–H and O–H groups in total. The molecule has 3 heterocycles. The average molecular weight is 446 g/mol. The summed E-state index contributed by atoms with van der Waals surface area (Å²) in [6, 6.07) is 1.18. The van der Waals surface area contributed by atoms with Gasteiger partial charge >= 0.3 is 6.03 Å². The summed E-state index contributed by atoms with van der Waals surface area (Å²) in [4.78, 5) is 53.7. The molecule has 0 radical (unpaired) electrons. The van der Waals surface area contributed by atoms with Gasteiger partial charge in [-0.15, -0.1) is 0 Å². The van der Waals surface area contributed by atoms with Crippen LogP contribution in [0.2, 0.25) is 0 Å². The van der Waals surface area contributed by atoms with E-state index in [0.717, 1.165) is 25.7 Å². The smallest absolute Gasteiger partial charge is 0.315 e. The number of primary amides is 1. The van der Waals surface area contributed by atoms with Gasteiger partial charge in [0.05, 0.1) is 12.3 Å². The lowest BCUT2D eigenvalue weighted by Crippen LogP contribution is -2.52. The highest BCUT2D eigenvalue weighted by Gasteiger charge is 2.45. The molecule has 32 heavy (non-hydrogen) atoms. The second kappa shape index (κ2) is 9.62. The van der Waals surface area contributed by atoms with Gasteiger partial charge in [0.25, 0.3) is 5.91 Å². The Balaban J connectivity index is 1.46. The molecule has 0 aromatic carbocycles. The molecule has 2 saturated heterocycles. The number of hydrogen-bond donors (Lipinski definition) is 3. The van der Waals surface area contributed by atoms with Crippen LogP contribution >= 0.6 is 0 Å². The van der Waals surface area contributed by atoms with Crippen molar-refractivity contribution in [2.45, 2.75) is 75.5 Å². The number of carbonyl (C=O) groups is 4. The van der Waals surface area contributed by atoms with E-state index < -0.39 is 23.9 Å². The van der Waals surface area contributed by atoms with E-state index in [4.69, 9.17) is 10.2 Å². The van der Waals surface area contributed by atoms with Crippen LogP contribution in [0.25, 0.3) is 0 Å². The molecular weight excluding hydrogens is 414 g/mol. The van der Waals surface area contributed by atoms with E-state index in [2.05, 4.69) is 10.6 Å². The zero-order valence-electron chi connectivity index (χ0n) is 18.1. The van der Waals surface area contributed by atoms with Crippen molar-refractivity contribution < 1.29 is 23.6 Å². The quantitative estimate of drug-likeness (QED) is 0.620. The second-order valence-corrected chi connectivity index (χ2v) is 8.93. The van der Waals surface area contributed by atoms with Crippen LogP contribution in [0.1, 0.15) is 61.9 Å². The normalized spacial score (nSPS) is 26.2. The van der Waals surface area contributed by atoms with E-state index in [1.165, 1.54) is 22.5 Å². The van der Waals surface area contributed by atoms with Crippen LogP contribution in [0.15, 0.2) is 22.8 Å². The fourth-order valence-electron chi connectivity index (χ4n) is 5.12. The highest BCUT2D eigenvalue weighted by molar-refractivity contribution is 5.97. The van der Waals surface area contributed by atoms with Gasteiger partial charge in [0.1, 0.15) is 12.1 Å². The van der Waals surface area contributed by atoms with Crippen LogP contribution < -0.4 is 16.4 Å². The molecule has 0 spiro atoms. The number of likely N-dealkylation sites (tertiary alicyclic amines) is 2. The molecule has 4 rings (SSSR count). The highest BCUT2D eigenvalue weighted by atomic mass is 16.3. The first-order chi connectivity index (χ1) is 15.4. The molecule has 1 aromatic rings. The predicted octanol–water partition coefficient (Wildman–Crippen LogP) is 0.971. The summed E-state index contributed by atoms with van der Waals surface area (Å²) < 4.78 is 5.25. The van der Waals surface area contributed by atoms with Gasteiger partial charge in [-0.1, -0.05) is 19.3 Å². The number of nitrogens with zero attached hydrogens (tertiary/aromatic N) is 2. The average Bonchev–Trinajstić information content (AvgIpc) is 3.53. The van der Waals surface area contributed by atoms with Gasteiger partial charge in [-0.2, -0.15) is 0 Å². The Morgan fingerprint density at radius 1 is 0.938 bits per heavy atom. The SMILES string of the molecule is NC(=O)C1CCCN1C(=O)C1CC(NC(=O)NC2CCCCC2)CN1C(=O)c1ccco1. The molecule has 1 aromatic heterocycles. The van der Waals surface area contributed by atoms with Crippen LogP contribution in [0.4, 0.5) is 4.79 Å². The van der Waals surface area contributed by atoms with Gasteiger partial charge in [0.15, 0.2) is 5.76 Å². The van der Waals surface area contributed by atoms with Crippen molar-refractivity contribution in [1.82, 2.24) is 20.4 Å². The van der Waals surface area contributed by atoms with Crippen molar-refractivity contribution in [2.24, 2.45) is 5.73 Å². The molecule has 2 aliphatic heterocycles. The molecule has 3 atom stereocenters. The first kappa shape index (κ1) is 22.2. The summed E-state index contributed by atoms with van der Waals surface area (Å²) in [5.41, 5.74) is 5.48. The fourth-order valence-corrected chi connectivity index (χ4v) is 5.12. The highest BCUT2D eigenvalue weighted by Crippen LogP contribution is 2.27. The maximum Gasteiger partial charge on any atom is 0.315 e. The number of urea groups is 1. The van der Waals surface area contributed by atoms with Gasteiger partial charge in [-0.3, -0.25) is 14.4 Å². The Morgan fingerprint density at radius 2 is 1.69 bits per heavy atom. The van der Waals surface area contributed by atoms with E-state index >= 15 is 0 Å². The summed E-state index contributed by atoms with van der Waals surface area (Å²) in [7, 11) is 0. The number of nitrogens with one attached hydrogen (secondary N) is 2. The van der Waals surface area contributed by atoms with Crippen molar-refractivity contribution in [3.63, 3.8) is 0 Å². The number of rotatable bonds is 5. The Kier molecular flexibility index (Phi) is 6.66. The molecular formula is C22H31N5O5. The minimum Gasteiger partial charge on any atom is -0.459 e. The lowest BCUT2D eigenvalue weighted by Gasteiger charge is -2.29. The van der Waals surface area contributed by atoms with Crippen molar-refractivity contribution in [2.75, 3.05) is 13.1 Å². The van der Waals surface area contributed by atoms with Gasteiger partial charge in [-0.25, -0.2) is 4.79 Å². The van der Waals surface area contributed by atoms with Crippen molar-refractivity contribution in [1.29, 1.82) is 0 Å². The first-order valence-electron chi connectivity index (χ1n) is 11.5. The molecule has 10 nitrogen and oxygen atoms in total. The summed E-state index contributed by atoms with van der Waals surface area (Å²) in [5.74, 6) is -1.15. The number of amides is 5. The summed E-state index contributed by atoms with van der Waals surface area (Å²) in [5, 5.41) is 5.94. The van der Waals surface area contributed by atoms with E-state index in [1.807, 2.05) is 0 Å². The molecule has 5 amide bonds. The molecule has 3 unspecified atom stereocenters. The fraction of sp³-hybridized carbons (Fsp3) is 0.636. The molecule has 3 aliphatic rings. The van der Waals surface area contributed by atoms with Crippen LogP contribution in [0, 0.1) is 0 Å². The monoisotopic (exact) mass is 445 g/mol. The molecule has 10 heteroatoms. The second-order valence-electron chi connectivity index (χ2n) is 8.93. The van der Waals surface area contributed by atoms with E-state index in [0.29, 0.717) is 19.4 Å². The third kappa shape index (κ3) is 4.73. The van der Waals surface area contributed by atoms with Gasteiger partial charge in [0, 0.05) is 19.1 Å². The lowest BCUT2D eigenvalue weighted by molar-refractivity contribution is -0.140. The van der Waals surface area contributed by atoms with Crippen LogP contribution in [0.3, 0.4) is 0 Å². The Morgan fingerprint density at radius 3 is 2.38 bits per heavy atom. The number of hydrogen-bond acceptors (Lipinski definition) is 5. The predicted molar refractivity (Wildman–Crippen MR) is 114 cm³/mol. The molecule has 1 aliphatic carbocycles. The maximum absolute atomic E-state index is 13.4.